The van der Waals surface area contributed by atoms with Crippen LogP contribution < -0.4 is 4.74 Å². The van der Waals surface area contributed by atoms with Gasteiger partial charge in [-0.2, -0.15) is 0 Å². The first-order valence-corrected chi connectivity index (χ1v) is 10.1. The highest BCUT2D eigenvalue weighted by molar-refractivity contribution is 8.18. The lowest BCUT2D eigenvalue weighted by Crippen LogP contribution is -2.28. The Kier molecular flexibility index (Phi) is 6.71. The summed E-state index contributed by atoms with van der Waals surface area (Å²) < 4.78 is 5.89. The van der Waals surface area contributed by atoms with Crippen LogP contribution in [0, 0.1) is 0 Å². The van der Waals surface area contributed by atoms with Gasteiger partial charge in [0, 0.05) is 12.1 Å². The molecule has 0 bridgehead atoms. The Labute approximate surface area is 164 Å². The summed E-state index contributed by atoms with van der Waals surface area (Å²) in [6, 6.07) is 17.5. The molecule has 1 fully saturated rings. The van der Waals surface area contributed by atoms with Crippen LogP contribution in [0.2, 0.25) is 0 Å². The number of hydrogen-bond donors (Lipinski definition) is 0. The zero-order valence-electron chi connectivity index (χ0n) is 15.7. The number of amides is 1. The lowest BCUT2D eigenvalue weighted by atomic mass is 10.2. The second-order valence-electron chi connectivity index (χ2n) is 6.13. The minimum absolute atomic E-state index is 0.0134. The van der Waals surface area contributed by atoms with E-state index in [1.807, 2.05) is 67.6 Å². The monoisotopic (exact) mass is 380 g/mol. The van der Waals surface area contributed by atoms with E-state index in [1.165, 1.54) is 11.8 Å². The van der Waals surface area contributed by atoms with Gasteiger partial charge in [-0.15, -0.1) is 0 Å². The lowest BCUT2D eigenvalue weighted by Gasteiger charge is -2.12. The summed E-state index contributed by atoms with van der Waals surface area (Å²) in [4.78, 5) is 19.9. The Balaban J connectivity index is 1.87. The van der Waals surface area contributed by atoms with Gasteiger partial charge in [-0.1, -0.05) is 49.7 Å². The van der Waals surface area contributed by atoms with E-state index in [2.05, 4.69) is 11.9 Å². The molecule has 140 valence electrons. The third kappa shape index (κ3) is 4.80. The number of carbonyl (C=O) groups is 1. The molecule has 1 saturated heterocycles. The molecule has 0 aromatic heterocycles. The highest BCUT2D eigenvalue weighted by Gasteiger charge is 2.32. The molecule has 1 aliphatic rings. The van der Waals surface area contributed by atoms with Crippen molar-refractivity contribution in [3.8, 4) is 5.75 Å². The van der Waals surface area contributed by atoms with E-state index < -0.39 is 0 Å². The number of likely N-dealkylation sites (N-methyl/N-ethyl adjacent to an activating group) is 1. The number of aliphatic imine (C=N–C) groups is 1. The van der Waals surface area contributed by atoms with Crippen LogP contribution in [0.15, 0.2) is 64.5 Å². The van der Waals surface area contributed by atoms with Crippen LogP contribution in [0.25, 0.3) is 6.08 Å². The normalized spacial score (nSPS) is 17.1. The minimum Gasteiger partial charge on any atom is -0.493 e. The van der Waals surface area contributed by atoms with Gasteiger partial charge in [-0.25, -0.2) is 4.99 Å². The highest BCUT2D eigenvalue weighted by Crippen LogP contribution is 2.35. The molecular formula is C22H24N2O2S. The van der Waals surface area contributed by atoms with E-state index in [4.69, 9.17) is 4.74 Å². The summed E-state index contributed by atoms with van der Waals surface area (Å²) in [6.45, 7) is 5.37. The highest BCUT2D eigenvalue weighted by atomic mass is 32.2. The summed E-state index contributed by atoms with van der Waals surface area (Å²) in [5.41, 5.74) is 1.76. The topological polar surface area (TPSA) is 41.9 Å². The summed E-state index contributed by atoms with van der Waals surface area (Å²) >= 11 is 1.41. The van der Waals surface area contributed by atoms with E-state index in [1.54, 1.807) is 4.90 Å². The molecule has 2 aromatic carbocycles. The van der Waals surface area contributed by atoms with Crippen molar-refractivity contribution in [1.82, 2.24) is 4.90 Å². The van der Waals surface area contributed by atoms with Gasteiger partial charge in [0.2, 0.25) is 0 Å². The molecule has 4 nitrogen and oxygen atoms in total. The fourth-order valence-electron chi connectivity index (χ4n) is 2.68. The second-order valence-corrected chi connectivity index (χ2v) is 7.14. The Hall–Kier alpha value is -2.53. The van der Waals surface area contributed by atoms with Gasteiger partial charge in [0.25, 0.3) is 5.91 Å². The molecule has 0 unspecified atom stereocenters. The van der Waals surface area contributed by atoms with Crippen molar-refractivity contribution >= 4 is 34.6 Å². The molecule has 1 heterocycles. The maximum atomic E-state index is 12.8. The first-order valence-electron chi connectivity index (χ1n) is 9.30. The van der Waals surface area contributed by atoms with Crippen molar-refractivity contribution in [2.75, 3.05) is 13.2 Å². The van der Waals surface area contributed by atoms with Crippen molar-refractivity contribution in [2.24, 2.45) is 4.99 Å². The third-order valence-corrected chi connectivity index (χ3v) is 5.15. The summed E-state index contributed by atoms with van der Waals surface area (Å²) in [7, 11) is 0. The van der Waals surface area contributed by atoms with Crippen molar-refractivity contribution in [3.05, 3.63) is 65.1 Å². The number of carbonyl (C=O) groups excluding carboxylic acids is 1. The van der Waals surface area contributed by atoms with Crippen LogP contribution in [-0.2, 0) is 4.79 Å². The van der Waals surface area contributed by atoms with Crippen LogP contribution >= 0.6 is 11.8 Å². The molecule has 0 aliphatic carbocycles. The van der Waals surface area contributed by atoms with Crippen molar-refractivity contribution in [1.29, 1.82) is 0 Å². The average molecular weight is 381 g/mol. The molecule has 0 N–H and O–H groups in total. The standard InChI is InChI=1S/C22H24N2O2S/c1-3-5-15-26-19-14-10-9-11-17(19)16-20-21(25)24(4-2)22(27-20)23-18-12-7-6-8-13-18/h6-14,16H,3-5,15H2,1-2H3/b20-16+,23-22?. The largest absolute Gasteiger partial charge is 0.493 e. The first-order chi connectivity index (χ1) is 13.2. The SMILES string of the molecule is CCCCOc1ccccc1/C=C1/SC(=Nc2ccccc2)N(CC)C1=O. The second kappa shape index (κ2) is 9.42. The lowest BCUT2D eigenvalue weighted by molar-refractivity contribution is -0.122. The van der Waals surface area contributed by atoms with E-state index in [0.29, 0.717) is 23.2 Å². The molecule has 0 saturated carbocycles. The van der Waals surface area contributed by atoms with Gasteiger partial charge in [0.1, 0.15) is 5.75 Å². The molecule has 5 heteroatoms. The molecule has 27 heavy (non-hydrogen) atoms. The van der Waals surface area contributed by atoms with Gasteiger partial charge >= 0.3 is 0 Å². The fraction of sp³-hybridized carbons (Fsp3) is 0.273. The summed E-state index contributed by atoms with van der Waals surface area (Å²) in [6.07, 6.45) is 4.00. The quantitative estimate of drug-likeness (QED) is 0.471. The zero-order valence-corrected chi connectivity index (χ0v) is 16.5. The molecule has 1 aliphatic heterocycles. The minimum atomic E-state index is -0.0134. The Morgan fingerprint density at radius 1 is 1.07 bits per heavy atom. The van der Waals surface area contributed by atoms with Crippen LogP contribution in [0.4, 0.5) is 5.69 Å². The number of ether oxygens (including phenoxy) is 1. The maximum absolute atomic E-state index is 12.8. The van der Waals surface area contributed by atoms with Gasteiger partial charge in [-0.05, 0) is 49.4 Å². The van der Waals surface area contributed by atoms with Crippen molar-refractivity contribution in [3.63, 3.8) is 0 Å². The number of hydrogen-bond acceptors (Lipinski definition) is 4. The van der Waals surface area contributed by atoms with Gasteiger partial charge < -0.3 is 4.74 Å². The molecule has 2 aromatic rings. The number of unbranched alkanes of at least 4 members (excludes halogenated alkanes) is 1. The smallest absolute Gasteiger partial charge is 0.266 e. The molecule has 0 spiro atoms. The van der Waals surface area contributed by atoms with Crippen LogP contribution in [0.5, 0.6) is 5.75 Å². The number of thioether (sulfide) groups is 1. The Morgan fingerprint density at radius 2 is 1.81 bits per heavy atom. The number of rotatable bonds is 7. The van der Waals surface area contributed by atoms with Crippen molar-refractivity contribution in [2.45, 2.75) is 26.7 Å². The Bertz CT molecular complexity index is 846. The van der Waals surface area contributed by atoms with Crippen LogP contribution in [0.3, 0.4) is 0 Å². The molecule has 0 atom stereocenters. The predicted octanol–water partition coefficient (Wildman–Crippen LogP) is 5.49. The Morgan fingerprint density at radius 3 is 2.56 bits per heavy atom. The van der Waals surface area contributed by atoms with Crippen molar-refractivity contribution < 1.29 is 9.53 Å². The number of amidine groups is 1. The van der Waals surface area contributed by atoms with E-state index in [0.717, 1.165) is 29.8 Å². The van der Waals surface area contributed by atoms with E-state index in [-0.39, 0.29) is 5.91 Å². The molecular weight excluding hydrogens is 356 g/mol. The number of benzene rings is 2. The molecule has 3 rings (SSSR count). The average Bonchev–Trinajstić information content (AvgIpc) is 2.98. The third-order valence-electron chi connectivity index (χ3n) is 4.15. The summed E-state index contributed by atoms with van der Waals surface area (Å²) in [5, 5.41) is 0.712. The van der Waals surface area contributed by atoms with Gasteiger partial charge in [0.05, 0.1) is 17.2 Å². The van der Waals surface area contributed by atoms with Gasteiger partial charge in [0.15, 0.2) is 5.17 Å². The van der Waals surface area contributed by atoms with Crippen LogP contribution in [0.1, 0.15) is 32.3 Å². The van der Waals surface area contributed by atoms with Crippen LogP contribution in [-0.4, -0.2) is 29.1 Å². The molecule has 0 radical (unpaired) electrons. The number of nitrogens with zero attached hydrogens (tertiary/aromatic N) is 2. The molecule has 1 amide bonds. The number of para-hydroxylation sites is 2. The maximum Gasteiger partial charge on any atom is 0.266 e. The fourth-order valence-corrected chi connectivity index (χ4v) is 3.74. The predicted molar refractivity (Wildman–Crippen MR) is 113 cm³/mol. The van der Waals surface area contributed by atoms with Gasteiger partial charge in [-0.3, -0.25) is 9.69 Å². The van der Waals surface area contributed by atoms with E-state index >= 15 is 0 Å². The first kappa shape index (κ1) is 19.2. The van der Waals surface area contributed by atoms with E-state index in [9.17, 15) is 4.79 Å². The summed E-state index contributed by atoms with van der Waals surface area (Å²) in [5.74, 6) is 0.795. The zero-order chi connectivity index (χ0) is 19.1.